The molecular formula is C15H18BrFN2O. The van der Waals surface area contributed by atoms with Crippen LogP contribution in [0.2, 0.25) is 0 Å². The fraction of sp³-hybridized carbons (Fsp3) is 0.533. The summed E-state index contributed by atoms with van der Waals surface area (Å²) in [7, 11) is 0. The Morgan fingerprint density at radius 3 is 2.75 bits per heavy atom. The minimum Gasteiger partial charge on any atom is -0.334 e. The molecule has 20 heavy (non-hydrogen) atoms. The number of nitrogens with zero attached hydrogens (tertiary/aromatic N) is 1. The summed E-state index contributed by atoms with van der Waals surface area (Å²) < 4.78 is 14.1. The third-order valence-corrected chi connectivity index (χ3v) is 4.40. The second kappa shape index (κ2) is 5.82. The first kappa shape index (κ1) is 14.0. The van der Waals surface area contributed by atoms with E-state index in [0.717, 1.165) is 32.4 Å². The lowest BCUT2D eigenvalue weighted by atomic mass is 10.1. The summed E-state index contributed by atoms with van der Waals surface area (Å²) in [5.74, 6) is -0.432. The summed E-state index contributed by atoms with van der Waals surface area (Å²) in [5, 5.41) is 3.42. The molecule has 0 spiro atoms. The van der Waals surface area contributed by atoms with Crippen molar-refractivity contribution in [3.63, 3.8) is 0 Å². The molecule has 5 heteroatoms. The van der Waals surface area contributed by atoms with Gasteiger partial charge in [0.15, 0.2) is 0 Å². The smallest absolute Gasteiger partial charge is 0.254 e. The summed E-state index contributed by atoms with van der Waals surface area (Å²) in [5.41, 5.74) is 0.432. The topological polar surface area (TPSA) is 32.3 Å². The van der Waals surface area contributed by atoms with Crippen molar-refractivity contribution in [1.82, 2.24) is 10.2 Å². The quantitative estimate of drug-likeness (QED) is 0.913. The van der Waals surface area contributed by atoms with Crippen LogP contribution in [0.3, 0.4) is 0 Å². The minimum absolute atomic E-state index is 0.0543. The highest BCUT2D eigenvalue weighted by Crippen LogP contribution is 2.29. The zero-order chi connectivity index (χ0) is 14.1. The molecule has 1 atom stereocenters. The van der Waals surface area contributed by atoms with Crippen LogP contribution in [0.1, 0.15) is 36.0 Å². The van der Waals surface area contributed by atoms with Crippen molar-refractivity contribution in [2.75, 3.05) is 13.1 Å². The van der Waals surface area contributed by atoms with Crippen LogP contribution in [0.15, 0.2) is 22.7 Å². The molecule has 0 aromatic heterocycles. The maximum atomic E-state index is 13.5. The van der Waals surface area contributed by atoms with Crippen LogP contribution >= 0.6 is 15.9 Å². The van der Waals surface area contributed by atoms with Crippen molar-refractivity contribution in [2.24, 2.45) is 0 Å². The maximum Gasteiger partial charge on any atom is 0.254 e. The van der Waals surface area contributed by atoms with E-state index < -0.39 is 0 Å². The number of rotatable bonds is 4. The lowest BCUT2D eigenvalue weighted by molar-refractivity contribution is 0.0728. The molecule has 1 amide bonds. The number of hydrogen-bond acceptors (Lipinski definition) is 2. The van der Waals surface area contributed by atoms with Gasteiger partial charge in [-0.05, 0) is 50.4 Å². The van der Waals surface area contributed by atoms with Crippen molar-refractivity contribution in [3.8, 4) is 0 Å². The molecule has 0 bridgehead atoms. The number of hydrogen-bond donors (Lipinski definition) is 1. The van der Waals surface area contributed by atoms with Crippen LogP contribution in [0.25, 0.3) is 0 Å². The van der Waals surface area contributed by atoms with Crippen LogP contribution in [-0.2, 0) is 0 Å². The van der Waals surface area contributed by atoms with Gasteiger partial charge in [-0.2, -0.15) is 0 Å². The van der Waals surface area contributed by atoms with E-state index in [1.165, 1.54) is 18.6 Å². The van der Waals surface area contributed by atoms with Crippen molar-refractivity contribution >= 4 is 21.8 Å². The number of amides is 1. The predicted octanol–water partition coefficient (Wildman–Crippen LogP) is 2.94. The van der Waals surface area contributed by atoms with E-state index in [-0.39, 0.29) is 11.7 Å². The molecule has 108 valence electrons. The van der Waals surface area contributed by atoms with E-state index >= 15 is 0 Å². The molecule has 1 saturated heterocycles. The fourth-order valence-corrected chi connectivity index (χ4v) is 3.24. The third-order valence-electron chi connectivity index (χ3n) is 3.94. The van der Waals surface area contributed by atoms with Gasteiger partial charge in [0.05, 0.1) is 0 Å². The van der Waals surface area contributed by atoms with Gasteiger partial charge in [0.25, 0.3) is 5.91 Å². The Balaban J connectivity index is 1.77. The van der Waals surface area contributed by atoms with Crippen molar-refractivity contribution in [2.45, 2.75) is 37.8 Å². The number of nitrogens with one attached hydrogen (secondary N) is 1. The van der Waals surface area contributed by atoms with Gasteiger partial charge in [-0.25, -0.2) is 4.39 Å². The number of carbonyl (C=O) groups excluding carboxylic acids is 1. The molecule has 1 aliphatic heterocycles. The van der Waals surface area contributed by atoms with E-state index in [2.05, 4.69) is 21.2 Å². The number of halogens is 2. The van der Waals surface area contributed by atoms with Crippen molar-refractivity contribution in [3.05, 3.63) is 34.1 Å². The highest BCUT2D eigenvalue weighted by molar-refractivity contribution is 9.10. The van der Waals surface area contributed by atoms with Crippen LogP contribution in [0, 0.1) is 5.82 Å². The molecule has 2 aliphatic rings. The molecule has 1 heterocycles. The van der Waals surface area contributed by atoms with E-state index in [4.69, 9.17) is 0 Å². The lowest BCUT2D eigenvalue weighted by Gasteiger charge is -2.26. The van der Waals surface area contributed by atoms with Crippen LogP contribution in [0.5, 0.6) is 0 Å². The van der Waals surface area contributed by atoms with Gasteiger partial charge in [0, 0.05) is 28.7 Å². The van der Waals surface area contributed by atoms with Crippen molar-refractivity contribution < 1.29 is 9.18 Å². The van der Waals surface area contributed by atoms with E-state index in [9.17, 15) is 9.18 Å². The second-order valence-electron chi connectivity index (χ2n) is 5.64. The van der Waals surface area contributed by atoms with Gasteiger partial charge in [-0.15, -0.1) is 0 Å². The fourth-order valence-electron chi connectivity index (χ4n) is 2.78. The summed E-state index contributed by atoms with van der Waals surface area (Å²) in [6, 6.07) is 5.12. The zero-order valence-corrected chi connectivity index (χ0v) is 12.8. The zero-order valence-electron chi connectivity index (χ0n) is 11.2. The molecule has 1 saturated carbocycles. The SMILES string of the molecule is O=C(c1cc(F)cc(Br)c1)N(CC1CCCN1)C1CC1. The number of benzene rings is 1. The molecule has 1 aliphatic carbocycles. The third kappa shape index (κ3) is 3.20. The largest absolute Gasteiger partial charge is 0.334 e. The Morgan fingerprint density at radius 1 is 1.35 bits per heavy atom. The molecule has 2 fully saturated rings. The first-order valence-corrected chi connectivity index (χ1v) is 7.93. The normalized spacial score (nSPS) is 22.0. The Labute approximate surface area is 126 Å². The monoisotopic (exact) mass is 340 g/mol. The predicted molar refractivity (Wildman–Crippen MR) is 79.2 cm³/mol. The highest BCUT2D eigenvalue weighted by Gasteiger charge is 2.35. The lowest BCUT2D eigenvalue weighted by Crippen LogP contribution is -2.42. The maximum absolute atomic E-state index is 13.5. The standard InChI is InChI=1S/C15H18BrFN2O/c16-11-6-10(7-12(17)8-11)15(20)19(14-3-4-14)9-13-2-1-5-18-13/h6-8,13-14,18H,1-5,9H2. The van der Waals surface area contributed by atoms with Gasteiger partial charge in [-0.3, -0.25) is 4.79 Å². The van der Waals surface area contributed by atoms with Crippen LogP contribution in [-0.4, -0.2) is 36.0 Å². The van der Waals surface area contributed by atoms with E-state index in [1.807, 2.05) is 4.90 Å². The Morgan fingerprint density at radius 2 is 2.15 bits per heavy atom. The summed E-state index contributed by atoms with van der Waals surface area (Å²) in [4.78, 5) is 14.5. The Kier molecular flexibility index (Phi) is 4.08. The van der Waals surface area contributed by atoms with Gasteiger partial charge in [-0.1, -0.05) is 15.9 Å². The Hall–Kier alpha value is -0.940. The first-order chi connectivity index (χ1) is 9.63. The van der Waals surface area contributed by atoms with Crippen LogP contribution in [0.4, 0.5) is 4.39 Å². The first-order valence-electron chi connectivity index (χ1n) is 7.14. The van der Waals surface area contributed by atoms with E-state index in [1.54, 1.807) is 6.07 Å². The van der Waals surface area contributed by atoms with Gasteiger partial charge >= 0.3 is 0 Å². The molecular weight excluding hydrogens is 323 g/mol. The molecule has 3 nitrogen and oxygen atoms in total. The average molecular weight is 341 g/mol. The van der Waals surface area contributed by atoms with Gasteiger partial charge < -0.3 is 10.2 Å². The highest BCUT2D eigenvalue weighted by atomic mass is 79.9. The molecule has 1 N–H and O–H groups in total. The molecule has 3 rings (SSSR count). The summed E-state index contributed by atoms with van der Waals surface area (Å²) >= 11 is 3.25. The average Bonchev–Trinajstić information content (AvgIpc) is 3.11. The minimum atomic E-state index is -0.377. The van der Waals surface area contributed by atoms with Gasteiger partial charge in [0.2, 0.25) is 0 Å². The second-order valence-corrected chi connectivity index (χ2v) is 6.56. The molecule has 1 aromatic rings. The summed E-state index contributed by atoms with van der Waals surface area (Å²) in [6.45, 7) is 1.76. The van der Waals surface area contributed by atoms with E-state index in [0.29, 0.717) is 22.1 Å². The molecule has 1 aromatic carbocycles. The Bertz CT molecular complexity index is 492. The molecule has 1 unspecified atom stereocenters. The molecule has 0 radical (unpaired) electrons. The van der Waals surface area contributed by atoms with Crippen LogP contribution < -0.4 is 5.32 Å². The van der Waals surface area contributed by atoms with Gasteiger partial charge in [0.1, 0.15) is 5.82 Å². The number of carbonyl (C=O) groups is 1. The van der Waals surface area contributed by atoms with Crippen molar-refractivity contribution in [1.29, 1.82) is 0 Å². The summed E-state index contributed by atoms with van der Waals surface area (Å²) in [6.07, 6.45) is 4.41.